The first kappa shape index (κ1) is 19.9. The number of aromatic nitrogens is 2. The third-order valence-corrected chi connectivity index (χ3v) is 6.54. The molecule has 150 valence electrons. The summed E-state index contributed by atoms with van der Waals surface area (Å²) in [6, 6.07) is 16.2. The van der Waals surface area contributed by atoms with Crippen molar-refractivity contribution in [1.82, 2.24) is 14.5 Å². The van der Waals surface area contributed by atoms with E-state index in [1.165, 1.54) is 17.4 Å². The van der Waals surface area contributed by atoms with Gasteiger partial charge in [-0.2, -0.15) is 0 Å². The van der Waals surface area contributed by atoms with Crippen molar-refractivity contribution in [3.63, 3.8) is 0 Å². The Morgan fingerprint density at radius 2 is 1.83 bits per heavy atom. The highest BCUT2D eigenvalue weighted by atomic mass is 35.5. The average molecular weight is 427 g/mol. The molecule has 0 N–H and O–H groups in total. The van der Waals surface area contributed by atoms with Crippen LogP contribution in [0.1, 0.15) is 5.56 Å². The molecule has 2 aromatic carbocycles. The third kappa shape index (κ3) is 4.43. The topological polar surface area (TPSA) is 41.4 Å². The molecule has 1 aliphatic heterocycles. The molecule has 0 spiro atoms. The molecule has 0 unspecified atom stereocenters. The zero-order valence-corrected chi connectivity index (χ0v) is 17.9. The fourth-order valence-corrected chi connectivity index (χ4v) is 4.55. The Morgan fingerprint density at radius 3 is 2.59 bits per heavy atom. The van der Waals surface area contributed by atoms with Crippen LogP contribution in [0.3, 0.4) is 0 Å². The molecule has 5 nitrogen and oxygen atoms in total. The highest BCUT2D eigenvalue weighted by Gasteiger charge is 2.22. The van der Waals surface area contributed by atoms with Crippen molar-refractivity contribution in [3.8, 4) is 5.69 Å². The molecule has 1 aliphatic rings. The van der Waals surface area contributed by atoms with Crippen LogP contribution in [0, 0.1) is 6.92 Å². The molecule has 0 atom stereocenters. The summed E-state index contributed by atoms with van der Waals surface area (Å²) in [5.41, 5.74) is 3.20. The van der Waals surface area contributed by atoms with Crippen molar-refractivity contribution >= 4 is 35.0 Å². The highest BCUT2D eigenvalue weighted by Crippen LogP contribution is 2.27. The van der Waals surface area contributed by atoms with Gasteiger partial charge in [0.25, 0.3) is 0 Å². The number of amides is 1. The Kier molecular flexibility index (Phi) is 6.11. The third-order valence-electron chi connectivity index (χ3n) is 5.18. The molecule has 2 heterocycles. The highest BCUT2D eigenvalue weighted by molar-refractivity contribution is 7.99. The van der Waals surface area contributed by atoms with Crippen LogP contribution in [0.5, 0.6) is 0 Å². The van der Waals surface area contributed by atoms with Crippen LogP contribution in [-0.4, -0.2) is 52.3 Å². The standard InChI is InChI=1S/C22H23ClN4OS/c1-17-19(23)8-5-9-20(17)27-11-10-24-22(27)29-16-21(28)26-14-12-25(13-15-26)18-6-3-2-4-7-18/h2-11H,12-16H2,1H3. The van der Waals surface area contributed by atoms with E-state index in [1.54, 1.807) is 6.20 Å². The van der Waals surface area contributed by atoms with Gasteiger partial charge in [-0.25, -0.2) is 4.98 Å². The average Bonchev–Trinajstić information content (AvgIpc) is 3.23. The molecule has 1 amide bonds. The van der Waals surface area contributed by atoms with Crippen molar-refractivity contribution < 1.29 is 4.79 Å². The lowest BCUT2D eigenvalue weighted by molar-refractivity contribution is -0.128. The predicted octanol–water partition coefficient (Wildman–Crippen LogP) is 4.28. The van der Waals surface area contributed by atoms with Crippen LogP contribution in [-0.2, 0) is 4.79 Å². The number of imidazole rings is 1. The predicted molar refractivity (Wildman–Crippen MR) is 119 cm³/mol. The molecular formula is C22H23ClN4OS. The molecule has 0 aliphatic carbocycles. The lowest BCUT2D eigenvalue weighted by Gasteiger charge is -2.36. The molecular weight excluding hydrogens is 404 g/mol. The van der Waals surface area contributed by atoms with E-state index < -0.39 is 0 Å². The van der Waals surface area contributed by atoms with Crippen LogP contribution in [0.25, 0.3) is 5.69 Å². The Hall–Kier alpha value is -2.44. The zero-order valence-electron chi connectivity index (χ0n) is 16.3. The van der Waals surface area contributed by atoms with Crippen molar-refractivity contribution in [2.75, 3.05) is 36.8 Å². The second-order valence-corrected chi connectivity index (χ2v) is 8.31. The van der Waals surface area contributed by atoms with Crippen LogP contribution in [0.15, 0.2) is 66.1 Å². The Labute approximate surface area is 180 Å². The number of carbonyl (C=O) groups excluding carboxylic acids is 1. The van der Waals surface area contributed by atoms with E-state index in [0.717, 1.165) is 47.6 Å². The number of carbonyl (C=O) groups is 1. The number of rotatable bonds is 5. The quantitative estimate of drug-likeness (QED) is 0.571. The lowest BCUT2D eigenvalue weighted by Crippen LogP contribution is -2.49. The van der Waals surface area contributed by atoms with Crippen molar-refractivity contribution in [1.29, 1.82) is 0 Å². The first-order chi connectivity index (χ1) is 14.1. The maximum Gasteiger partial charge on any atom is 0.233 e. The molecule has 7 heteroatoms. The second kappa shape index (κ2) is 8.93. The van der Waals surface area contributed by atoms with E-state index in [1.807, 2.05) is 59.0 Å². The Balaban J connectivity index is 1.35. The first-order valence-corrected chi connectivity index (χ1v) is 11.0. The van der Waals surface area contributed by atoms with E-state index in [4.69, 9.17) is 11.6 Å². The van der Waals surface area contributed by atoms with E-state index in [9.17, 15) is 4.79 Å². The molecule has 1 fully saturated rings. The number of benzene rings is 2. The zero-order chi connectivity index (χ0) is 20.2. The van der Waals surface area contributed by atoms with E-state index in [-0.39, 0.29) is 5.91 Å². The van der Waals surface area contributed by atoms with E-state index >= 15 is 0 Å². The van der Waals surface area contributed by atoms with E-state index in [2.05, 4.69) is 22.0 Å². The van der Waals surface area contributed by atoms with Gasteiger partial charge in [0.1, 0.15) is 0 Å². The second-order valence-electron chi connectivity index (χ2n) is 6.96. The summed E-state index contributed by atoms with van der Waals surface area (Å²) in [5.74, 6) is 0.530. The summed E-state index contributed by atoms with van der Waals surface area (Å²) in [6.07, 6.45) is 3.66. The maximum absolute atomic E-state index is 12.7. The minimum atomic E-state index is 0.153. The summed E-state index contributed by atoms with van der Waals surface area (Å²) < 4.78 is 1.99. The number of hydrogen-bond donors (Lipinski definition) is 0. The summed E-state index contributed by atoms with van der Waals surface area (Å²) in [4.78, 5) is 21.4. The van der Waals surface area contributed by atoms with Crippen molar-refractivity contribution in [3.05, 3.63) is 71.5 Å². The van der Waals surface area contributed by atoms with Crippen LogP contribution >= 0.6 is 23.4 Å². The number of anilines is 1. The summed E-state index contributed by atoms with van der Waals surface area (Å²) in [7, 11) is 0. The van der Waals surface area contributed by atoms with Crippen LogP contribution < -0.4 is 4.90 Å². The number of piperazine rings is 1. The van der Waals surface area contributed by atoms with Crippen molar-refractivity contribution in [2.24, 2.45) is 0 Å². The monoisotopic (exact) mass is 426 g/mol. The fourth-order valence-electron chi connectivity index (χ4n) is 3.51. The number of halogens is 1. The molecule has 29 heavy (non-hydrogen) atoms. The van der Waals surface area contributed by atoms with Gasteiger partial charge in [0.15, 0.2) is 5.16 Å². The smallest absolute Gasteiger partial charge is 0.233 e. The molecule has 1 aromatic heterocycles. The van der Waals surface area contributed by atoms with E-state index in [0.29, 0.717) is 5.75 Å². The Morgan fingerprint density at radius 1 is 1.07 bits per heavy atom. The number of para-hydroxylation sites is 1. The van der Waals surface area contributed by atoms with Gasteiger partial charge in [0.2, 0.25) is 5.91 Å². The molecule has 3 aromatic rings. The minimum absolute atomic E-state index is 0.153. The maximum atomic E-state index is 12.7. The van der Waals surface area contributed by atoms with Gasteiger partial charge in [-0.05, 0) is 36.8 Å². The first-order valence-electron chi connectivity index (χ1n) is 9.63. The van der Waals surface area contributed by atoms with Gasteiger partial charge in [0, 0.05) is 49.3 Å². The normalized spacial score (nSPS) is 14.3. The minimum Gasteiger partial charge on any atom is -0.368 e. The number of hydrogen-bond acceptors (Lipinski definition) is 4. The summed E-state index contributed by atoms with van der Waals surface area (Å²) in [5, 5.41) is 1.52. The van der Waals surface area contributed by atoms with Gasteiger partial charge < -0.3 is 9.80 Å². The number of thioether (sulfide) groups is 1. The fraction of sp³-hybridized carbons (Fsp3) is 0.273. The molecule has 0 radical (unpaired) electrons. The SMILES string of the molecule is Cc1c(Cl)cccc1-n1ccnc1SCC(=O)N1CCN(c2ccccc2)CC1. The van der Waals surface area contributed by atoms with Gasteiger partial charge in [-0.3, -0.25) is 9.36 Å². The summed E-state index contributed by atoms with van der Waals surface area (Å²) >= 11 is 7.73. The molecule has 0 saturated carbocycles. The van der Waals surface area contributed by atoms with Gasteiger partial charge in [0.05, 0.1) is 11.4 Å². The summed E-state index contributed by atoms with van der Waals surface area (Å²) in [6.45, 7) is 5.20. The van der Waals surface area contributed by atoms with Gasteiger partial charge in [-0.1, -0.05) is 47.6 Å². The van der Waals surface area contributed by atoms with Gasteiger partial charge in [-0.15, -0.1) is 0 Å². The number of nitrogens with zero attached hydrogens (tertiary/aromatic N) is 4. The van der Waals surface area contributed by atoms with Crippen LogP contribution in [0.2, 0.25) is 5.02 Å². The molecule has 0 bridgehead atoms. The van der Waals surface area contributed by atoms with Crippen LogP contribution in [0.4, 0.5) is 5.69 Å². The van der Waals surface area contributed by atoms with Gasteiger partial charge >= 0.3 is 0 Å². The lowest BCUT2D eigenvalue weighted by atomic mass is 10.2. The van der Waals surface area contributed by atoms with Crippen molar-refractivity contribution in [2.45, 2.75) is 12.1 Å². The Bertz CT molecular complexity index is 983. The molecule has 1 saturated heterocycles. The molecule has 4 rings (SSSR count). The largest absolute Gasteiger partial charge is 0.368 e.